The summed E-state index contributed by atoms with van der Waals surface area (Å²) < 4.78 is 1.59. The lowest BCUT2D eigenvalue weighted by Crippen LogP contribution is -2.28. The number of nitrogens with zero attached hydrogens (tertiary/aromatic N) is 4. The SMILES string of the molecule is Cc1nc2nc3c(cn2n1)C(=O)CC(C)(C)C3. The molecule has 0 aliphatic heterocycles. The number of aromatic nitrogens is 4. The van der Waals surface area contributed by atoms with Crippen molar-refractivity contribution in [2.24, 2.45) is 5.41 Å². The number of aryl methyl sites for hydroxylation is 1. The first-order chi connectivity index (χ1) is 7.94. The number of fused-ring (bicyclic) bond motifs is 2. The lowest BCUT2D eigenvalue weighted by molar-refractivity contribution is 0.0909. The zero-order chi connectivity index (χ0) is 12.2. The number of rotatable bonds is 0. The van der Waals surface area contributed by atoms with Crippen molar-refractivity contribution < 1.29 is 4.79 Å². The zero-order valence-corrected chi connectivity index (χ0v) is 10.2. The van der Waals surface area contributed by atoms with E-state index in [0.29, 0.717) is 23.6 Å². The molecule has 17 heavy (non-hydrogen) atoms. The first-order valence-electron chi connectivity index (χ1n) is 5.71. The van der Waals surface area contributed by atoms with Crippen molar-refractivity contribution in [3.63, 3.8) is 0 Å². The van der Waals surface area contributed by atoms with E-state index in [1.54, 1.807) is 10.7 Å². The Bertz CT molecular complexity index is 627. The maximum absolute atomic E-state index is 12.1. The second-order valence-corrected chi connectivity index (χ2v) is 5.45. The molecule has 88 valence electrons. The molecular formula is C12H14N4O. The van der Waals surface area contributed by atoms with Crippen LogP contribution in [0.2, 0.25) is 0 Å². The van der Waals surface area contributed by atoms with Crippen LogP contribution in [-0.4, -0.2) is 25.4 Å². The molecule has 0 bridgehead atoms. The maximum Gasteiger partial charge on any atom is 0.252 e. The van der Waals surface area contributed by atoms with Crippen molar-refractivity contribution in [3.05, 3.63) is 23.3 Å². The fourth-order valence-corrected chi connectivity index (χ4v) is 2.37. The Kier molecular flexibility index (Phi) is 1.91. The number of carbonyl (C=O) groups excluding carboxylic acids is 1. The minimum atomic E-state index is -0.00943. The van der Waals surface area contributed by atoms with Crippen LogP contribution in [0.4, 0.5) is 0 Å². The number of hydrogen-bond donors (Lipinski definition) is 0. The van der Waals surface area contributed by atoms with E-state index in [0.717, 1.165) is 12.1 Å². The molecule has 0 spiro atoms. The lowest BCUT2D eigenvalue weighted by atomic mass is 9.76. The van der Waals surface area contributed by atoms with Gasteiger partial charge in [0.2, 0.25) is 0 Å². The van der Waals surface area contributed by atoms with Crippen LogP contribution in [0.3, 0.4) is 0 Å². The highest BCUT2D eigenvalue weighted by Gasteiger charge is 2.32. The van der Waals surface area contributed by atoms with Gasteiger partial charge in [0, 0.05) is 12.6 Å². The minimum Gasteiger partial charge on any atom is -0.294 e. The van der Waals surface area contributed by atoms with Crippen molar-refractivity contribution >= 4 is 11.6 Å². The van der Waals surface area contributed by atoms with E-state index >= 15 is 0 Å². The van der Waals surface area contributed by atoms with Gasteiger partial charge in [-0.05, 0) is 18.8 Å². The van der Waals surface area contributed by atoms with Gasteiger partial charge in [0.15, 0.2) is 5.78 Å². The first kappa shape index (κ1) is 10.4. The Hall–Kier alpha value is -1.78. The number of Topliss-reactive ketones (excluding diaryl/α,β-unsaturated/α-hetero) is 1. The summed E-state index contributed by atoms with van der Waals surface area (Å²) in [6.45, 7) is 6.00. The zero-order valence-electron chi connectivity index (χ0n) is 10.2. The Morgan fingerprint density at radius 2 is 2.06 bits per heavy atom. The summed E-state index contributed by atoms with van der Waals surface area (Å²) in [7, 11) is 0. The minimum absolute atomic E-state index is 0.00943. The van der Waals surface area contributed by atoms with E-state index < -0.39 is 0 Å². The van der Waals surface area contributed by atoms with Crippen LogP contribution in [0.5, 0.6) is 0 Å². The van der Waals surface area contributed by atoms with E-state index in [1.807, 2.05) is 6.92 Å². The molecule has 2 aromatic heterocycles. The molecule has 0 aromatic carbocycles. The van der Waals surface area contributed by atoms with Gasteiger partial charge in [0.1, 0.15) is 5.82 Å². The molecule has 0 unspecified atom stereocenters. The second-order valence-electron chi connectivity index (χ2n) is 5.45. The molecule has 0 radical (unpaired) electrons. The highest BCUT2D eigenvalue weighted by atomic mass is 16.1. The fraction of sp³-hybridized carbons (Fsp3) is 0.500. The molecule has 5 nitrogen and oxygen atoms in total. The third-order valence-electron chi connectivity index (χ3n) is 3.10. The van der Waals surface area contributed by atoms with E-state index in [2.05, 4.69) is 28.9 Å². The Morgan fingerprint density at radius 1 is 1.29 bits per heavy atom. The Labute approximate surface area is 98.9 Å². The van der Waals surface area contributed by atoms with Crippen molar-refractivity contribution in [1.82, 2.24) is 19.6 Å². The van der Waals surface area contributed by atoms with E-state index in [4.69, 9.17) is 0 Å². The first-order valence-corrected chi connectivity index (χ1v) is 5.71. The lowest BCUT2D eigenvalue weighted by Gasteiger charge is -2.28. The van der Waals surface area contributed by atoms with Crippen LogP contribution in [0.15, 0.2) is 6.20 Å². The summed E-state index contributed by atoms with van der Waals surface area (Å²) in [4.78, 5) is 20.7. The van der Waals surface area contributed by atoms with Gasteiger partial charge >= 0.3 is 0 Å². The van der Waals surface area contributed by atoms with Gasteiger partial charge in [-0.25, -0.2) is 9.50 Å². The highest BCUT2D eigenvalue weighted by Crippen LogP contribution is 2.33. The topological polar surface area (TPSA) is 60.1 Å². The number of carbonyl (C=O) groups is 1. The van der Waals surface area contributed by atoms with Crippen molar-refractivity contribution in [2.75, 3.05) is 0 Å². The number of hydrogen-bond acceptors (Lipinski definition) is 4. The number of ketones is 1. The van der Waals surface area contributed by atoms with Crippen LogP contribution >= 0.6 is 0 Å². The molecule has 0 N–H and O–H groups in total. The van der Waals surface area contributed by atoms with Crippen molar-refractivity contribution in [3.8, 4) is 0 Å². The second kappa shape index (κ2) is 3.12. The summed E-state index contributed by atoms with van der Waals surface area (Å²) in [5.41, 5.74) is 1.54. The van der Waals surface area contributed by atoms with Gasteiger partial charge in [-0.2, -0.15) is 10.1 Å². The Balaban J connectivity index is 2.24. The van der Waals surface area contributed by atoms with Gasteiger partial charge in [-0.3, -0.25) is 4.79 Å². The molecule has 2 heterocycles. The maximum atomic E-state index is 12.1. The van der Waals surface area contributed by atoms with Crippen molar-refractivity contribution in [1.29, 1.82) is 0 Å². The average Bonchev–Trinajstić information content (AvgIpc) is 2.52. The molecule has 3 rings (SSSR count). The predicted molar refractivity (Wildman–Crippen MR) is 62.0 cm³/mol. The summed E-state index contributed by atoms with van der Waals surface area (Å²) in [5.74, 6) is 1.40. The third-order valence-corrected chi connectivity index (χ3v) is 3.10. The summed E-state index contributed by atoms with van der Waals surface area (Å²) in [5, 5.41) is 4.18. The van der Waals surface area contributed by atoms with Crippen LogP contribution < -0.4 is 0 Å². The molecule has 0 saturated carbocycles. The molecule has 0 fully saturated rings. The van der Waals surface area contributed by atoms with E-state index in [-0.39, 0.29) is 11.2 Å². The molecule has 1 aliphatic carbocycles. The molecule has 2 aromatic rings. The molecule has 0 saturated heterocycles. The van der Waals surface area contributed by atoms with Crippen LogP contribution in [0.25, 0.3) is 5.78 Å². The normalized spacial score (nSPS) is 18.4. The largest absolute Gasteiger partial charge is 0.294 e. The van der Waals surface area contributed by atoms with Gasteiger partial charge in [-0.1, -0.05) is 13.8 Å². The Morgan fingerprint density at radius 3 is 2.82 bits per heavy atom. The van der Waals surface area contributed by atoms with Crippen LogP contribution in [0, 0.1) is 12.3 Å². The summed E-state index contributed by atoms with van der Waals surface area (Å²) in [6.07, 6.45) is 3.15. The van der Waals surface area contributed by atoms with Crippen LogP contribution in [-0.2, 0) is 6.42 Å². The van der Waals surface area contributed by atoms with E-state index in [9.17, 15) is 4.79 Å². The van der Waals surface area contributed by atoms with Crippen molar-refractivity contribution in [2.45, 2.75) is 33.6 Å². The molecule has 5 heteroatoms. The average molecular weight is 230 g/mol. The van der Waals surface area contributed by atoms with Crippen LogP contribution in [0.1, 0.15) is 42.1 Å². The predicted octanol–water partition coefficient (Wildman–Crippen LogP) is 1.59. The van der Waals surface area contributed by atoms with E-state index in [1.165, 1.54) is 0 Å². The summed E-state index contributed by atoms with van der Waals surface area (Å²) in [6, 6.07) is 0. The molecule has 1 aliphatic rings. The molecular weight excluding hydrogens is 216 g/mol. The molecule has 0 atom stereocenters. The summed E-state index contributed by atoms with van der Waals surface area (Å²) >= 11 is 0. The van der Waals surface area contributed by atoms with Gasteiger partial charge < -0.3 is 0 Å². The van der Waals surface area contributed by atoms with Gasteiger partial charge in [-0.15, -0.1) is 0 Å². The quantitative estimate of drug-likeness (QED) is 0.689. The standard InChI is InChI=1S/C12H14N4O/c1-7-13-11-14-9-4-12(2,3)5-10(17)8(9)6-16(11)15-7/h6H,4-5H2,1-3H3. The smallest absolute Gasteiger partial charge is 0.252 e. The third kappa shape index (κ3) is 1.62. The fourth-order valence-electron chi connectivity index (χ4n) is 2.37. The van der Waals surface area contributed by atoms with Gasteiger partial charge in [0.05, 0.1) is 11.3 Å². The highest BCUT2D eigenvalue weighted by molar-refractivity contribution is 5.98. The molecule has 0 amide bonds. The van der Waals surface area contributed by atoms with Gasteiger partial charge in [0.25, 0.3) is 5.78 Å². The monoisotopic (exact) mass is 230 g/mol.